The van der Waals surface area contributed by atoms with Crippen molar-refractivity contribution in [3.05, 3.63) is 53.6 Å². The minimum absolute atomic E-state index is 0.0411. The highest BCUT2D eigenvalue weighted by Crippen LogP contribution is 2.28. The normalized spacial score (nSPS) is 17.3. The van der Waals surface area contributed by atoms with Gasteiger partial charge < -0.3 is 29.3 Å². The zero-order chi connectivity index (χ0) is 26.2. The number of carbonyl (C=O) groups excluding carboxylic acids is 2. The van der Waals surface area contributed by atoms with Gasteiger partial charge in [-0.05, 0) is 75.0 Å². The Morgan fingerprint density at radius 1 is 0.838 bits per heavy atom. The van der Waals surface area contributed by atoms with Gasteiger partial charge in [0.05, 0.1) is 26.9 Å². The molecule has 0 saturated carbocycles. The molecule has 2 aliphatic heterocycles. The first-order valence-corrected chi connectivity index (χ1v) is 13.2. The van der Waals surface area contributed by atoms with Crippen molar-refractivity contribution < 1.29 is 23.8 Å². The van der Waals surface area contributed by atoms with Gasteiger partial charge in [0.15, 0.2) is 11.5 Å². The lowest BCUT2D eigenvalue weighted by molar-refractivity contribution is -0.126. The number of nitrogens with zero attached hydrogens (tertiary/aromatic N) is 2. The van der Waals surface area contributed by atoms with Crippen molar-refractivity contribution in [2.75, 3.05) is 54.1 Å². The molecule has 0 aliphatic carbocycles. The third kappa shape index (κ3) is 6.55. The van der Waals surface area contributed by atoms with E-state index in [1.54, 1.807) is 21.3 Å². The fraction of sp³-hybridized carbons (Fsp3) is 0.517. The van der Waals surface area contributed by atoms with Crippen LogP contribution in [-0.2, 0) is 11.2 Å². The summed E-state index contributed by atoms with van der Waals surface area (Å²) in [5.74, 6) is 2.29. The van der Waals surface area contributed by atoms with Gasteiger partial charge in [0, 0.05) is 31.6 Å². The number of nitrogens with one attached hydrogen (secondary N) is 1. The second kappa shape index (κ2) is 12.8. The molecule has 1 N–H and O–H groups in total. The highest BCUT2D eigenvalue weighted by atomic mass is 16.5. The Hall–Kier alpha value is -3.26. The molecule has 0 radical (unpaired) electrons. The van der Waals surface area contributed by atoms with Gasteiger partial charge in [-0.2, -0.15) is 0 Å². The summed E-state index contributed by atoms with van der Waals surface area (Å²) < 4.78 is 16.0. The predicted molar refractivity (Wildman–Crippen MR) is 142 cm³/mol. The molecule has 0 atom stereocenters. The third-order valence-electron chi connectivity index (χ3n) is 7.67. The van der Waals surface area contributed by atoms with Crippen LogP contribution in [0, 0.1) is 5.92 Å². The molecule has 2 heterocycles. The molecule has 0 aromatic heterocycles. The molecule has 8 heteroatoms. The second-order valence-corrected chi connectivity index (χ2v) is 9.76. The summed E-state index contributed by atoms with van der Waals surface area (Å²) in [6.07, 6.45) is 4.42. The summed E-state index contributed by atoms with van der Waals surface area (Å²) in [7, 11) is 4.85. The number of amides is 2. The number of methoxy groups -OCH3 is 3. The van der Waals surface area contributed by atoms with Gasteiger partial charge in [0.1, 0.15) is 5.75 Å². The topological polar surface area (TPSA) is 80.3 Å². The van der Waals surface area contributed by atoms with Gasteiger partial charge >= 0.3 is 0 Å². The van der Waals surface area contributed by atoms with E-state index in [1.165, 1.54) is 0 Å². The number of carbonyl (C=O) groups is 2. The Bertz CT molecular complexity index is 1060. The number of rotatable bonds is 9. The van der Waals surface area contributed by atoms with Gasteiger partial charge in [0.25, 0.3) is 5.91 Å². The van der Waals surface area contributed by atoms with Gasteiger partial charge in [-0.15, -0.1) is 0 Å². The maximum atomic E-state index is 13.0. The van der Waals surface area contributed by atoms with Crippen molar-refractivity contribution in [1.82, 2.24) is 15.1 Å². The van der Waals surface area contributed by atoms with Gasteiger partial charge in [-0.25, -0.2) is 0 Å². The number of para-hydroxylation sites is 1. The minimum Gasteiger partial charge on any atom is -0.496 e. The molecular formula is C29H39N3O5. The number of hydrogen-bond donors (Lipinski definition) is 1. The van der Waals surface area contributed by atoms with Crippen molar-refractivity contribution in [2.24, 2.45) is 5.92 Å². The first kappa shape index (κ1) is 26.8. The van der Waals surface area contributed by atoms with Crippen LogP contribution in [0.2, 0.25) is 0 Å². The first-order chi connectivity index (χ1) is 18.0. The quantitative estimate of drug-likeness (QED) is 0.558. The summed E-state index contributed by atoms with van der Waals surface area (Å²) in [6.45, 7) is 3.96. The molecule has 200 valence electrons. The van der Waals surface area contributed by atoms with Crippen LogP contribution in [-0.4, -0.2) is 81.7 Å². The second-order valence-electron chi connectivity index (χ2n) is 9.76. The molecule has 4 rings (SSSR count). The maximum absolute atomic E-state index is 13.0. The van der Waals surface area contributed by atoms with E-state index in [0.29, 0.717) is 35.4 Å². The number of hydrogen-bond acceptors (Lipinski definition) is 6. The molecule has 2 aliphatic rings. The Morgan fingerprint density at radius 3 is 2.19 bits per heavy atom. The van der Waals surface area contributed by atoms with E-state index in [-0.39, 0.29) is 17.7 Å². The molecule has 0 bridgehead atoms. The average molecular weight is 510 g/mol. The van der Waals surface area contributed by atoms with Crippen LogP contribution in [0.3, 0.4) is 0 Å². The van der Waals surface area contributed by atoms with Crippen LogP contribution >= 0.6 is 0 Å². The van der Waals surface area contributed by atoms with E-state index in [2.05, 4.69) is 10.2 Å². The summed E-state index contributed by atoms with van der Waals surface area (Å²) in [5.41, 5.74) is 1.73. The van der Waals surface area contributed by atoms with E-state index in [0.717, 1.165) is 63.8 Å². The highest BCUT2D eigenvalue weighted by Gasteiger charge is 2.32. The minimum atomic E-state index is 0.0411. The molecule has 2 aromatic rings. The lowest BCUT2D eigenvalue weighted by Crippen LogP contribution is -2.50. The van der Waals surface area contributed by atoms with Gasteiger partial charge in [-0.3, -0.25) is 9.59 Å². The van der Waals surface area contributed by atoms with Crippen molar-refractivity contribution in [1.29, 1.82) is 0 Å². The van der Waals surface area contributed by atoms with Crippen LogP contribution in [0.25, 0.3) is 0 Å². The van der Waals surface area contributed by atoms with Crippen molar-refractivity contribution in [3.8, 4) is 17.2 Å². The molecule has 0 spiro atoms. The molecule has 2 fully saturated rings. The molecule has 8 nitrogen and oxygen atoms in total. The fourth-order valence-electron chi connectivity index (χ4n) is 5.46. The van der Waals surface area contributed by atoms with Crippen LogP contribution in [0.15, 0.2) is 42.5 Å². The van der Waals surface area contributed by atoms with E-state index in [4.69, 9.17) is 14.2 Å². The maximum Gasteiger partial charge on any atom is 0.257 e. The SMILES string of the molecule is COc1ccc(CCNC(=O)C2CCN(C3CCN(C(=O)c4ccccc4OC)CC3)CC2)cc1OC. The zero-order valence-electron chi connectivity index (χ0n) is 22.2. The molecule has 2 amide bonds. The van der Waals surface area contributed by atoms with Crippen LogP contribution in [0.4, 0.5) is 0 Å². The smallest absolute Gasteiger partial charge is 0.257 e. The van der Waals surface area contributed by atoms with Crippen LogP contribution in [0.1, 0.15) is 41.6 Å². The van der Waals surface area contributed by atoms with Crippen LogP contribution in [0.5, 0.6) is 17.2 Å². The Labute approximate surface area is 219 Å². The number of benzene rings is 2. The average Bonchev–Trinajstić information content (AvgIpc) is 2.96. The van der Waals surface area contributed by atoms with Crippen LogP contribution < -0.4 is 19.5 Å². The standard InChI is InChI=1S/C29H39N3O5/c1-35-25-7-5-4-6-24(25)29(34)32-18-13-23(14-19-32)31-16-11-22(12-17-31)28(33)30-15-10-21-8-9-26(36-2)27(20-21)37-3/h4-9,20,22-23H,10-19H2,1-3H3,(H,30,33). The first-order valence-electron chi connectivity index (χ1n) is 13.2. The predicted octanol–water partition coefficient (Wildman–Crippen LogP) is 3.39. The Morgan fingerprint density at radius 2 is 1.51 bits per heavy atom. The monoisotopic (exact) mass is 509 g/mol. The van der Waals surface area contributed by atoms with Crippen molar-refractivity contribution in [2.45, 2.75) is 38.1 Å². The number of likely N-dealkylation sites (tertiary alicyclic amines) is 2. The lowest BCUT2D eigenvalue weighted by atomic mass is 9.92. The molecule has 2 aromatic carbocycles. The number of piperidine rings is 2. The van der Waals surface area contributed by atoms with E-state index < -0.39 is 0 Å². The molecule has 2 saturated heterocycles. The van der Waals surface area contributed by atoms with Gasteiger partial charge in [-0.1, -0.05) is 18.2 Å². The van der Waals surface area contributed by atoms with E-state index in [1.807, 2.05) is 47.4 Å². The van der Waals surface area contributed by atoms with Crippen molar-refractivity contribution >= 4 is 11.8 Å². The zero-order valence-corrected chi connectivity index (χ0v) is 22.2. The fourth-order valence-corrected chi connectivity index (χ4v) is 5.46. The molecule has 37 heavy (non-hydrogen) atoms. The number of ether oxygens (including phenoxy) is 3. The summed E-state index contributed by atoms with van der Waals surface area (Å²) in [6, 6.07) is 13.7. The van der Waals surface area contributed by atoms with Gasteiger partial charge in [0.2, 0.25) is 5.91 Å². The summed E-state index contributed by atoms with van der Waals surface area (Å²) in [4.78, 5) is 30.2. The highest BCUT2D eigenvalue weighted by molar-refractivity contribution is 5.97. The largest absolute Gasteiger partial charge is 0.496 e. The summed E-state index contributed by atoms with van der Waals surface area (Å²) >= 11 is 0. The van der Waals surface area contributed by atoms with Crippen molar-refractivity contribution in [3.63, 3.8) is 0 Å². The Kier molecular flexibility index (Phi) is 9.28. The Balaban J connectivity index is 1.18. The van der Waals surface area contributed by atoms with E-state index >= 15 is 0 Å². The molecular weight excluding hydrogens is 470 g/mol. The third-order valence-corrected chi connectivity index (χ3v) is 7.67. The molecule has 0 unspecified atom stereocenters. The lowest BCUT2D eigenvalue weighted by Gasteiger charge is -2.41. The summed E-state index contributed by atoms with van der Waals surface area (Å²) in [5, 5.41) is 3.12. The van der Waals surface area contributed by atoms with E-state index in [9.17, 15) is 9.59 Å².